The Morgan fingerprint density at radius 2 is 1.37 bits per heavy atom. The summed E-state index contributed by atoms with van der Waals surface area (Å²) in [6.07, 6.45) is 0. The van der Waals surface area contributed by atoms with Crippen LogP contribution in [0.5, 0.6) is 0 Å². The molecule has 19 heavy (non-hydrogen) atoms. The van der Waals surface area contributed by atoms with Crippen LogP contribution in [0.4, 0.5) is 0 Å². The molecule has 0 aliphatic carbocycles. The number of halogens is 1. The molecule has 0 aromatic heterocycles. The van der Waals surface area contributed by atoms with Gasteiger partial charge in [-0.15, -0.1) is 0 Å². The van der Waals surface area contributed by atoms with Crippen LogP contribution in [0.1, 0.15) is 0 Å². The fourth-order valence-corrected chi connectivity index (χ4v) is 2.41. The molecule has 3 aromatic carbocycles. The largest absolute Gasteiger partial charge is 0.0837 e. The van der Waals surface area contributed by atoms with Crippen molar-refractivity contribution in [1.29, 1.82) is 0 Å². The van der Waals surface area contributed by atoms with Gasteiger partial charge in [0.2, 0.25) is 0 Å². The lowest BCUT2D eigenvalue weighted by Gasteiger charge is -2.10. The maximum atomic E-state index is 6.30. The van der Waals surface area contributed by atoms with Crippen LogP contribution >= 0.6 is 11.6 Å². The first-order valence-corrected chi connectivity index (χ1v) is 6.55. The van der Waals surface area contributed by atoms with Crippen LogP contribution < -0.4 is 0 Å². The third-order valence-corrected chi connectivity index (χ3v) is 3.41. The molecule has 0 aliphatic rings. The standard InChI is InChI=1S/C18H12Cl/c19-18-13-7-6-12-17(18)16-11-5-4-10-15(16)14-8-2-1-3-9-14/h1-10,12-13H. The van der Waals surface area contributed by atoms with E-state index >= 15 is 0 Å². The fraction of sp³-hybridized carbons (Fsp3) is 0. The zero-order chi connectivity index (χ0) is 13.1. The minimum Gasteiger partial charge on any atom is -0.0837 e. The third-order valence-electron chi connectivity index (χ3n) is 3.08. The molecule has 0 unspecified atom stereocenters. The Morgan fingerprint density at radius 3 is 2.16 bits per heavy atom. The fourth-order valence-electron chi connectivity index (χ4n) is 2.18. The van der Waals surface area contributed by atoms with Crippen LogP contribution in [-0.4, -0.2) is 0 Å². The van der Waals surface area contributed by atoms with Gasteiger partial charge in [0.1, 0.15) is 0 Å². The smallest absolute Gasteiger partial charge is 0.0484 e. The van der Waals surface area contributed by atoms with Crippen molar-refractivity contribution < 1.29 is 0 Å². The summed E-state index contributed by atoms with van der Waals surface area (Å²) in [7, 11) is 0. The van der Waals surface area contributed by atoms with Gasteiger partial charge in [0.25, 0.3) is 0 Å². The normalized spacial score (nSPS) is 10.4. The van der Waals surface area contributed by atoms with Crippen LogP contribution in [0.2, 0.25) is 5.02 Å². The van der Waals surface area contributed by atoms with Gasteiger partial charge in [-0.3, -0.25) is 0 Å². The highest BCUT2D eigenvalue weighted by molar-refractivity contribution is 6.33. The molecule has 91 valence electrons. The summed E-state index contributed by atoms with van der Waals surface area (Å²) in [4.78, 5) is 0. The lowest BCUT2D eigenvalue weighted by atomic mass is 9.95. The Labute approximate surface area is 118 Å². The van der Waals surface area contributed by atoms with Crippen molar-refractivity contribution in [1.82, 2.24) is 0 Å². The van der Waals surface area contributed by atoms with Crippen molar-refractivity contribution in [3.05, 3.63) is 83.9 Å². The Bertz CT molecular complexity index is 687. The first-order chi connectivity index (χ1) is 9.36. The minimum absolute atomic E-state index is 0.752. The van der Waals surface area contributed by atoms with E-state index in [-0.39, 0.29) is 0 Å². The molecular formula is C18H12Cl. The Kier molecular flexibility index (Phi) is 3.35. The summed E-state index contributed by atoms with van der Waals surface area (Å²) >= 11 is 6.30. The first kappa shape index (κ1) is 12.0. The van der Waals surface area contributed by atoms with Gasteiger partial charge in [-0.2, -0.15) is 0 Å². The molecule has 0 saturated carbocycles. The maximum absolute atomic E-state index is 6.30. The van der Waals surface area contributed by atoms with Crippen LogP contribution in [0, 0.1) is 6.07 Å². The second kappa shape index (κ2) is 5.29. The molecule has 1 radical (unpaired) electrons. The number of rotatable bonds is 2. The van der Waals surface area contributed by atoms with Gasteiger partial charge in [0, 0.05) is 10.6 Å². The molecule has 0 aliphatic heterocycles. The van der Waals surface area contributed by atoms with Crippen molar-refractivity contribution in [3.63, 3.8) is 0 Å². The van der Waals surface area contributed by atoms with E-state index in [4.69, 9.17) is 11.6 Å². The van der Waals surface area contributed by atoms with Gasteiger partial charge in [-0.1, -0.05) is 78.3 Å². The SMILES string of the molecule is Clc1ccccc1-c1[c]cccc1-c1ccccc1. The van der Waals surface area contributed by atoms with E-state index in [0.717, 1.165) is 21.7 Å². The van der Waals surface area contributed by atoms with Crippen molar-refractivity contribution >= 4 is 11.6 Å². The highest BCUT2D eigenvalue weighted by atomic mass is 35.5. The minimum atomic E-state index is 0.752. The molecule has 0 nitrogen and oxygen atoms in total. The van der Waals surface area contributed by atoms with Gasteiger partial charge in [0.05, 0.1) is 0 Å². The van der Waals surface area contributed by atoms with Crippen molar-refractivity contribution in [2.24, 2.45) is 0 Å². The Balaban J connectivity index is 2.21. The average molecular weight is 264 g/mol. The number of hydrogen-bond donors (Lipinski definition) is 0. The van der Waals surface area contributed by atoms with E-state index in [1.807, 2.05) is 54.6 Å². The second-order valence-electron chi connectivity index (χ2n) is 4.30. The second-order valence-corrected chi connectivity index (χ2v) is 4.71. The molecule has 0 fully saturated rings. The summed E-state index contributed by atoms with van der Waals surface area (Å²) < 4.78 is 0. The Hall–Kier alpha value is -2.05. The predicted octanol–water partition coefficient (Wildman–Crippen LogP) is 5.47. The van der Waals surface area contributed by atoms with E-state index < -0.39 is 0 Å². The number of hydrogen-bond acceptors (Lipinski definition) is 0. The summed E-state index contributed by atoms with van der Waals surface area (Å²) in [5, 5.41) is 0.752. The van der Waals surface area contributed by atoms with E-state index in [2.05, 4.69) is 24.3 Å². The highest BCUT2D eigenvalue weighted by Crippen LogP contribution is 2.35. The van der Waals surface area contributed by atoms with Gasteiger partial charge in [-0.25, -0.2) is 0 Å². The molecule has 0 N–H and O–H groups in total. The molecule has 0 amide bonds. The molecule has 0 atom stereocenters. The van der Waals surface area contributed by atoms with Gasteiger partial charge < -0.3 is 0 Å². The quantitative estimate of drug-likeness (QED) is 0.575. The lowest BCUT2D eigenvalue weighted by molar-refractivity contribution is 1.57. The summed E-state index contributed by atoms with van der Waals surface area (Å²) in [6, 6.07) is 27.5. The zero-order valence-corrected chi connectivity index (χ0v) is 11.1. The Morgan fingerprint density at radius 1 is 0.684 bits per heavy atom. The molecule has 0 bridgehead atoms. The van der Waals surface area contributed by atoms with E-state index in [1.54, 1.807) is 0 Å². The molecule has 1 heteroatoms. The first-order valence-electron chi connectivity index (χ1n) is 6.17. The molecule has 3 rings (SSSR count). The van der Waals surface area contributed by atoms with Crippen molar-refractivity contribution in [2.45, 2.75) is 0 Å². The third kappa shape index (κ3) is 2.40. The van der Waals surface area contributed by atoms with Gasteiger partial charge in [-0.05, 0) is 28.8 Å². The van der Waals surface area contributed by atoms with E-state index in [0.29, 0.717) is 0 Å². The lowest BCUT2D eigenvalue weighted by Crippen LogP contribution is -1.85. The molecular weight excluding hydrogens is 252 g/mol. The number of benzene rings is 3. The molecule has 0 spiro atoms. The zero-order valence-electron chi connectivity index (χ0n) is 10.3. The topological polar surface area (TPSA) is 0 Å². The molecule has 3 aromatic rings. The maximum Gasteiger partial charge on any atom is 0.0484 e. The van der Waals surface area contributed by atoms with Crippen LogP contribution in [-0.2, 0) is 0 Å². The van der Waals surface area contributed by atoms with Crippen LogP contribution in [0.3, 0.4) is 0 Å². The average Bonchev–Trinajstić information content (AvgIpc) is 2.49. The van der Waals surface area contributed by atoms with Crippen LogP contribution in [0.25, 0.3) is 22.3 Å². The summed E-state index contributed by atoms with van der Waals surface area (Å²) in [6.45, 7) is 0. The van der Waals surface area contributed by atoms with Gasteiger partial charge in [0.15, 0.2) is 0 Å². The van der Waals surface area contributed by atoms with E-state index in [9.17, 15) is 0 Å². The van der Waals surface area contributed by atoms with E-state index in [1.165, 1.54) is 5.56 Å². The van der Waals surface area contributed by atoms with Gasteiger partial charge >= 0.3 is 0 Å². The van der Waals surface area contributed by atoms with Crippen molar-refractivity contribution in [3.8, 4) is 22.3 Å². The van der Waals surface area contributed by atoms with Crippen molar-refractivity contribution in [2.75, 3.05) is 0 Å². The highest BCUT2D eigenvalue weighted by Gasteiger charge is 2.09. The monoisotopic (exact) mass is 263 g/mol. The van der Waals surface area contributed by atoms with Crippen LogP contribution in [0.15, 0.2) is 72.8 Å². The summed E-state index contributed by atoms with van der Waals surface area (Å²) in [5.41, 5.74) is 4.38. The molecule has 0 heterocycles. The molecule has 0 saturated heterocycles. The summed E-state index contributed by atoms with van der Waals surface area (Å²) in [5.74, 6) is 0. The predicted molar refractivity (Wildman–Crippen MR) is 81.2 cm³/mol.